The van der Waals surface area contributed by atoms with Gasteiger partial charge in [0.05, 0.1) is 43.3 Å². The number of aromatic amines is 1. The zero-order chi connectivity index (χ0) is 16.5. The molecule has 0 aliphatic carbocycles. The highest BCUT2D eigenvalue weighted by Crippen LogP contribution is 2.29. The minimum absolute atomic E-state index is 0.0463. The maximum Gasteiger partial charge on any atom is 0.247 e. The fourth-order valence-corrected chi connectivity index (χ4v) is 2.71. The first kappa shape index (κ1) is 14.6. The van der Waals surface area contributed by atoms with Gasteiger partial charge in [0.25, 0.3) is 0 Å². The molecule has 1 aromatic carbocycles. The Morgan fingerprint density at radius 3 is 3.12 bits per heavy atom. The van der Waals surface area contributed by atoms with Crippen LogP contribution >= 0.6 is 0 Å². The molecule has 0 unspecified atom stereocenters. The van der Waals surface area contributed by atoms with Crippen LogP contribution in [0.5, 0.6) is 0 Å². The van der Waals surface area contributed by atoms with Crippen LogP contribution in [-0.2, 0) is 9.53 Å². The second kappa shape index (κ2) is 5.89. The summed E-state index contributed by atoms with van der Waals surface area (Å²) in [5.41, 5.74) is 2.54. The summed E-state index contributed by atoms with van der Waals surface area (Å²) in [4.78, 5) is 22.9. The fraction of sp³-hybridized carbons (Fsp3) is 0.250. The summed E-state index contributed by atoms with van der Waals surface area (Å²) in [6.45, 7) is 1.10. The Hall–Kier alpha value is -3.00. The Morgan fingerprint density at radius 2 is 2.25 bits per heavy atom. The van der Waals surface area contributed by atoms with E-state index in [-0.39, 0.29) is 12.5 Å². The SMILES string of the molecule is COCCN1C(=O)CNc2ncc(-c3ccc4cn[nH]c4c3)nc21. The highest BCUT2D eigenvalue weighted by atomic mass is 16.5. The molecule has 24 heavy (non-hydrogen) atoms. The average molecular weight is 324 g/mol. The summed E-state index contributed by atoms with van der Waals surface area (Å²) in [7, 11) is 1.61. The summed E-state index contributed by atoms with van der Waals surface area (Å²) in [5.74, 6) is 1.09. The summed E-state index contributed by atoms with van der Waals surface area (Å²) in [6.07, 6.45) is 3.47. The fourth-order valence-electron chi connectivity index (χ4n) is 2.71. The lowest BCUT2D eigenvalue weighted by molar-refractivity contribution is -0.117. The van der Waals surface area contributed by atoms with Crippen molar-refractivity contribution in [3.63, 3.8) is 0 Å². The van der Waals surface area contributed by atoms with E-state index in [4.69, 9.17) is 4.74 Å². The van der Waals surface area contributed by atoms with Crippen LogP contribution in [-0.4, -0.2) is 52.9 Å². The van der Waals surface area contributed by atoms with E-state index < -0.39 is 0 Å². The lowest BCUT2D eigenvalue weighted by atomic mass is 10.1. The summed E-state index contributed by atoms with van der Waals surface area (Å²) < 4.78 is 5.09. The van der Waals surface area contributed by atoms with Gasteiger partial charge in [-0.05, 0) is 6.07 Å². The molecular formula is C16H16N6O2. The third-order valence-electron chi connectivity index (χ3n) is 3.97. The van der Waals surface area contributed by atoms with Gasteiger partial charge in [0.1, 0.15) is 0 Å². The number of methoxy groups -OCH3 is 1. The summed E-state index contributed by atoms with van der Waals surface area (Å²) in [6, 6.07) is 5.91. The molecule has 3 aromatic rings. The number of H-pyrrole nitrogens is 1. The molecule has 8 heteroatoms. The van der Waals surface area contributed by atoms with E-state index in [1.165, 1.54) is 0 Å². The zero-order valence-corrected chi connectivity index (χ0v) is 13.1. The van der Waals surface area contributed by atoms with Crippen molar-refractivity contribution in [1.82, 2.24) is 20.2 Å². The van der Waals surface area contributed by atoms with Gasteiger partial charge in [0.15, 0.2) is 11.6 Å². The molecule has 0 bridgehead atoms. The summed E-state index contributed by atoms with van der Waals surface area (Å²) in [5, 5.41) is 11.0. The number of ether oxygens (including phenoxy) is 1. The molecule has 1 aliphatic rings. The Balaban J connectivity index is 1.75. The van der Waals surface area contributed by atoms with Gasteiger partial charge >= 0.3 is 0 Å². The van der Waals surface area contributed by atoms with Gasteiger partial charge in [-0.2, -0.15) is 5.10 Å². The van der Waals surface area contributed by atoms with Crippen molar-refractivity contribution in [2.45, 2.75) is 0 Å². The quantitative estimate of drug-likeness (QED) is 0.753. The van der Waals surface area contributed by atoms with Crippen molar-refractivity contribution in [2.75, 3.05) is 37.0 Å². The highest BCUT2D eigenvalue weighted by Gasteiger charge is 2.26. The molecule has 4 rings (SSSR count). The number of anilines is 2. The van der Waals surface area contributed by atoms with Gasteiger partial charge in [-0.3, -0.25) is 14.8 Å². The molecule has 2 aromatic heterocycles. The van der Waals surface area contributed by atoms with Crippen LogP contribution in [0, 0.1) is 0 Å². The van der Waals surface area contributed by atoms with Crippen molar-refractivity contribution in [3.8, 4) is 11.3 Å². The number of hydrogen-bond donors (Lipinski definition) is 2. The number of hydrogen-bond acceptors (Lipinski definition) is 6. The van der Waals surface area contributed by atoms with Crippen molar-refractivity contribution < 1.29 is 9.53 Å². The number of amides is 1. The molecule has 0 radical (unpaired) electrons. The van der Waals surface area contributed by atoms with Crippen LogP contribution in [0.2, 0.25) is 0 Å². The lowest BCUT2D eigenvalue weighted by Crippen LogP contribution is -2.42. The highest BCUT2D eigenvalue weighted by molar-refractivity contribution is 6.01. The number of aromatic nitrogens is 4. The van der Waals surface area contributed by atoms with Crippen LogP contribution in [0.25, 0.3) is 22.2 Å². The number of carbonyl (C=O) groups excluding carboxylic acids is 1. The number of fused-ring (bicyclic) bond motifs is 2. The molecule has 0 saturated carbocycles. The van der Waals surface area contributed by atoms with Crippen LogP contribution in [0.1, 0.15) is 0 Å². The van der Waals surface area contributed by atoms with E-state index in [2.05, 4.69) is 25.5 Å². The maximum absolute atomic E-state index is 12.2. The first-order valence-corrected chi connectivity index (χ1v) is 7.60. The van der Waals surface area contributed by atoms with Crippen molar-refractivity contribution in [3.05, 3.63) is 30.6 Å². The first-order valence-electron chi connectivity index (χ1n) is 7.60. The minimum atomic E-state index is -0.0463. The van der Waals surface area contributed by atoms with E-state index in [0.29, 0.717) is 30.5 Å². The molecule has 2 N–H and O–H groups in total. The second-order valence-corrected chi connectivity index (χ2v) is 5.49. The molecule has 122 valence electrons. The van der Waals surface area contributed by atoms with E-state index in [1.54, 1.807) is 24.4 Å². The Kier molecular flexibility index (Phi) is 3.58. The molecule has 0 fully saturated rings. The average Bonchev–Trinajstić information content (AvgIpc) is 3.08. The van der Waals surface area contributed by atoms with Crippen molar-refractivity contribution in [2.24, 2.45) is 0 Å². The molecule has 0 atom stereocenters. The topological polar surface area (TPSA) is 96.0 Å². The van der Waals surface area contributed by atoms with Crippen LogP contribution in [0.3, 0.4) is 0 Å². The zero-order valence-electron chi connectivity index (χ0n) is 13.1. The second-order valence-electron chi connectivity index (χ2n) is 5.49. The smallest absolute Gasteiger partial charge is 0.247 e. The van der Waals surface area contributed by atoms with E-state index in [9.17, 15) is 4.79 Å². The van der Waals surface area contributed by atoms with E-state index >= 15 is 0 Å². The molecule has 1 aliphatic heterocycles. The van der Waals surface area contributed by atoms with Crippen LogP contribution in [0.15, 0.2) is 30.6 Å². The van der Waals surface area contributed by atoms with E-state index in [0.717, 1.165) is 16.5 Å². The van der Waals surface area contributed by atoms with Crippen LogP contribution < -0.4 is 10.2 Å². The predicted molar refractivity (Wildman–Crippen MR) is 89.8 cm³/mol. The summed E-state index contributed by atoms with van der Waals surface area (Å²) >= 11 is 0. The van der Waals surface area contributed by atoms with Gasteiger partial charge in [-0.25, -0.2) is 9.97 Å². The maximum atomic E-state index is 12.2. The lowest BCUT2D eigenvalue weighted by Gasteiger charge is -2.28. The molecule has 1 amide bonds. The Bertz CT molecular complexity index is 906. The van der Waals surface area contributed by atoms with Gasteiger partial charge in [0.2, 0.25) is 5.91 Å². The Labute approximate surface area is 137 Å². The van der Waals surface area contributed by atoms with Crippen molar-refractivity contribution >= 4 is 28.4 Å². The van der Waals surface area contributed by atoms with E-state index in [1.807, 2.05) is 18.2 Å². The number of benzene rings is 1. The predicted octanol–water partition coefficient (Wildman–Crippen LogP) is 1.42. The third kappa shape index (κ3) is 2.46. The standard InChI is InChI=1S/C16H16N6O2/c1-24-5-4-22-14(23)9-18-15-16(22)20-13(8-17-15)10-2-3-11-7-19-21-12(11)6-10/h2-3,6-8H,4-5,9H2,1H3,(H,17,18)(H,19,21). The number of nitrogens with zero attached hydrogens (tertiary/aromatic N) is 4. The third-order valence-corrected chi connectivity index (χ3v) is 3.97. The normalized spacial score (nSPS) is 13.9. The number of rotatable bonds is 4. The van der Waals surface area contributed by atoms with Crippen LogP contribution in [0.4, 0.5) is 11.6 Å². The molecule has 8 nitrogen and oxygen atoms in total. The van der Waals surface area contributed by atoms with Gasteiger partial charge in [-0.15, -0.1) is 0 Å². The minimum Gasteiger partial charge on any atom is -0.383 e. The molecule has 3 heterocycles. The number of nitrogens with one attached hydrogen (secondary N) is 2. The van der Waals surface area contributed by atoms with Gasteiger partial charge in [0, 0.05) is 18.1 Å². The first-order chi connectivity index (χ1) is 11.8. The van der Waals surface area contributed by atoms with Gasteiger partial charge in [-0.1, -0.05) is 12.1 Å². The van der Waals surface area contributed by atoms with Gasteiger partial charge < -0.3 is 10.1 Å². The Morgan fingerprint density at radius 1 is 1.33 bits per heavy atom. The molecule has 0 saturated heterocycles. The monoisotopic (exact) mass is 324 g/mol. The molecule has 0 spiro atoms. The number of carbonyl (C=O) groups is 1. The largest absolute Gasteiger partial charge is 0.383 e. The molecular weight excluding hydrogens is 308 g/mol. The van der Waals surface area contributed by atoms with Crippen molar-refractivity contribution in [1.29, 1.82) is 0 Å².